The number of rotatable bonds is 12. The summed E-state index contributed by atoms with van der Waals surface area (Å²) in [6, 6.07) is 12.3. The van der Waals surface area contributed by atoms with Crippen molar-refractivity contribution in [3.63, 3.8) is 0 Å². The van der Waals surface area contributed by atoms with Crippen molar-refractivity contribution in [2.45, 2.75) is 44.8 Å². The van der Waals surface area contributed by atoms with Gasteiger partial charge in [0.1, 0.15) is 24.4 Å². The summed E-state index contributed by atoms with van der Waals surface area (Å²) in [4.78, 5) is 49.3. The number of hydrogen-bond donors (Lipinski definition) is 6. The van der Waals surface area contributed by atoms with Crippen molar-refractivity contribution in [3.05, 3.63) is 65.7 Å². The van der Waals surface area contributed by atoms with Gasteiger partial charge < -0.3 is 31.9 Å². The molecule has 7 N–H and O–H groups in total. The fourth-order valence-corrected chi connectivity index (χ4v) is 3.38. The highest BCUT2D eigenvalue weighted by molar-refractivity contribution is 5.94. The van der Waals surface area contributed by atoms with Gasteiger partial charge in [0.05, 0.1) is 6.04 Å². The van der Waals surface area contributed by atoms with Gasteiger partial charge in [-0.1, -0.05) is 56.3 Å². The van der Waals surface area contributed by atoms with Crippen molar-refractivity contribution in [2.75, 3.05) is 6.54 Å². The Bertz CT molecular complexity index is 1010. The van der Waals surface area contributed by atoms with Crippen LogP contribution in [0.1, 0.15) is 25.0 Å². The van der Waals surface area contributed by atoms with Gasteiger partial charge in [0.2, 0.25) is 17.7 Å². The van der Waals surface area contributed by atoms with Crippen LogP contribution in [0.25, 0.3) is 0 Å². The molecule has 35 heavy (non-hydrogen) atoms. The third-order valence-corrected chi connectivity index (χ3v) is 5.31. The Hall–Kier alpha value is -3.92. The Morgan fingerprint density at radius 2 is 1.43 bits per heavy atom. The number of phenolic OH excluding ortho intramolecular Hbond substituents is 1. The van der Waals surface area contributed by atoms with Crippen LogP contribution in [0.15, 0.2) is 54.6 Å². The highest BCUT2D eigenvalue weighted by atomic mass is 16.4. The molecule has 0 saturated carbocycles. The van der Waals surface area contributed by atoms with Gasteiger partial charge in [0.15, 0.2) is 0 Å². The Kier molecular flexibility index (Phi) is 10.2. The maximum Gasteiger partial charge on any atom is 0.322 e. The summed E-state index contributed by atoms with van der Waals surface area (Å²) in [6.07, 6.45) is 0.337. The zero-order valence-electron chi connectivity index (χ0n) is 19.7. The summed E-state index contributed by atoms with van der Waals surface area (Å²) in [7, 11) is 0. The van der Waals surface area contributed by atoms with Crippen molar-refractivity contribution < 1.29 is 29.4 Å². The van der Waals surface area contributed by atoms with Crippen LogP contribution in [-0.4, -0.2) is 58.6 Å². The first-order valence-electron chi connectivity index (χ1n) is 11.2. The fourth-order valence-electron chi connectivity index (χ4n) is 3.38. The molecule has 0 aliphatic carbocycles. The second-order valence-electron chi connectivity index (χ2n) is 8.57. The molecule has 0 aliphatic heterocycles. The van der Waals surface area contributed by atoms with Gasteiger partial charge in [-0.15, -0.1) is 0 Å². The van der Waals surface area contributed by atoms with Crippen molar-refractivity contribution >= 4 is 23.7 Å². The molecular formula is C25H32N4O6. The average Bonchev–Trinajstić information content (AvgIpc) is 2.82. The summed E-state index contributed by atoms with van der Waals surface area (Å²) in [5.41, 5.74) is 7.54. The molecule has 0 bridgehead atoms. The van der Waals surface area contributed by atoms with Crippen LogP contribution < -0.4 is 21.7 Å². The first-order valence-corrected chi connectivity index (χ1v) is 11.2. The molecular weight excluding hydrogens is 452 g/mol. The molecule has 0 aliphatic rings. The monoisotopic (exact) mass is 484 g/mol. The lowest BCUT2D eigenvalue weighted by Crippen LogP contribution is -2.58. The van der Waals surface area contributed by atoms with Crippen LogP contribution in [0.4, 0.5) is 0 Å². The van der Waals surface area contributed by atoms with Gasteiger partial charge in [-0.3, -0.25) is 19.2 Å². The van der Waals surface area contributed by atoms with Crippen LogP contribution in [0.3, 0.4) is 0 Å². The van der Waals surface area contributed by atoms with Gasteiger partial charge in [-0.05, 0) is 35.6 Å². The number of benzene rings is 2. The first kappa shape index (κ1) is 27.3. The highest BCUT2D eigenvalue weighted by Crippen LogP contribution is 2.12. The summed E-state index contributed by atoms with van der Waals surface area (Å²) in [5.74, 6) is -3.21. The van der Waals surface area contributed by atoms with Crippen molar-refractivity contribution in [1.82, 2.24) is 16.0 Å². The average molecular weight is 485 g/mol. The SMILES string of the molecule is CC(C)C(NC(=O)C(N)Cc1ccc(O)cc1)C(=O)NC(Cc1ccccc1)C(=O)NCC(=O)O. The number of hydrogen-bond acceptors (Lipinski definition) is 6. The lowest BCUT2D eigenvalue weighted by Gasteiger charge is -2.26. The molecule has 0 spiro atoms. The third kappa shape index (κ3) is 9.09. The molecule has 10 heteroatoms. The molecule has 3 amide bonds. The molecule has 2 rings (SSSR count). The van der Waals surface area contributed by atoms with Crippen LogP contribution >= 0.6 is 0 Å². The van der Waals surface area contributed by atoms with Crippen molar-refractivity contribution in [1.29, 1.82) is 0 Å². The summed E-state index contributed by atoms with van der Waals surface area (Å²) >= 11 is 0. The molecule has 0 saturated heterocycles. The Balaban J connectivity index is 2.09. The Morgan fingerprint density at radius 1 is 0.829 bits per heavy atom. The Morgan fingerprint density at radius 3 is 2.00 bits per heavy atom. The van der Waals surface area contributed by atoms with E-state index in [0.29, 0.717) is 0 Å². The van der Waals surface area contributed by atoms with Gasteiger partial charge >= 0.3 is 5.97 Å². The first-order chi connectivity index (χ1) is 16.6. The number of carboxylic acid groups (broad SMARTS) is 1. The predicted molar refractivity (Wildman–Crippen MR) is 129 cm³/mol. The summed E-state index contributed by atoms with van der Waals surface area (Å²) in [6.45, 7) is 2.90. The normalized spacial score (nSPS) is 13.4. The van der Waals surface area contributed by atoms with E-state index in [1.807, 2.05) is 6.07 Å². The minimum Gasteiger partial charge on any atom is -0.508 e. The quantitative estimate of drug-likeness (QED) is 0.252. The molecule has 0 heterocycles. The fraction of sp³-hybridized carbons (Fsp3) is 0.360. The van der Waals surface area contributed by atoms with E-state index in [1.165, 1.54) is 12.1 Å². The zero-order chi connectivity index (χ0) is 26.0. The molecule has 3 unspecified atom stereocenters. The highest BCUT2D eigenvalue weighted by Gasteiger charge is 2.30. The van der Waals surface area contributed by atoms with Gasteiger partial charge in [0, 0.05) is 6.42 Å². The number of nitrogens with one attached hydrogen (secondary N) is 3. The molecule has 10 nitrogen and oxygen atoms in total. The third-order valence-electron chi connectivity index (χ3n) is 5.31. The number of aromatic hydroxyl groups is 1. The van der Waals surface area contributed by atoms with Gasteiger partial charge in [-0.25, -0.2) is 0 Å². The van der Waals surface area contributed by atoms with E-state index in [1.54, 1.807) is 50.2 Å². The molecule has 0 fully saturated rings. The molecule has 0 radical (unpaired) electrons. The number of carboxylic acids is 1. The van der Waals surface area contributed by atoms with Crippen molar-refractivity contribution in [2.24, 2.45) is 11.7 Å². The molecule has 2 aromatic carbocycles. The maximum absolute atomic E-state index is 13.1. The molecule has 2 aromatic rings. The van der Waals surface area contributed by atoms with Crippen LogP contribution in [0.2, 0.25) is 0 Å². The second kappa shape index (κ2) is 13.1. The number of nitrogens with two attached hydrogens (primary N) is 1. The number of carbonyl (C=O) groups is 4. The van der Waals surface area contributed by atoms with Crippen LogP contribution in [0, 0.1) is 5.92 Å². The lowest BCUT2D eigenvalue weighted by molar-refractivity contribution is -0.138. The van der Waals surface area contributed by atoms with E-state index in [2.05, 4.69) is 16.0 Å². The number of amides is 3. The van der Waals surface area contributed by atoms with Crippen LogP contribution in [-0.2, 0) is 32.0 Å². The minimum atomic E-state index is -1.21. The van der Waals surface area contributed by atoms with E-state index in [4.69, 9.17) is 10.8 Å². The van der Waals surface area contributed by atoms with E-state index in [9.17, 15) is 24.3 Å². The standard InChI is InChI=1S/C25H32N4O6/c1-15(2)22(29-23(33)19(26)12-17-8-10-18(30)11-9-17)25(35)28-20(24(34)27-14-21(31)32)13-16-6-4-3-5-7-16/h3-11,15,19-20,22,30H,12-14,26H2,1-2H3,(H,27,34)(H,28,35)(H,29,33)(H,31,32). The van der Waals surface area contributed by atoms with Gasteiger partial charge in [-0.2, -0.15) is 0 Å². The number of carbonyl (C=O) groups excluding carboxylic acids is 3. The van der Waals surface area contributed by atoms with Crippen LogP contribution in [0.5, 0.6) is 5.75 Å². The second-order valence-corrected chi connectivity index (χ2v) is 8.57. The van der Waals surface area contributed by atoms with Gasteiger partial charge in [0.25, 0.3) is 0 Å². The number of phenols is 1. The summed E-state index contributed by atoms with van der Waals surface area (Å²) < 4.78 is 0. The Labute approximate surface area is 203 Å². The maximum atomic E-state index is 13.1. The molecule has 3 atom stereocenters. The minimum absolute atomic E-state index is 0.0979. The van der Waals surface area contributed by atoms with E-state index in [0.717, 1.165) is 11.1 Å². The lowest BCUT2D eigenvalue weighted by atomic mass is 9.99. The van der Waals surface area contributed by atoms with E-state index < -0.39 is 48.4 Å². The molecule has 0 aromatic heterocycles. The topological polar surface area (TPSA) is 171 Å². The predicted octanol–water partition coefficient (Wildman–Crippen LogP) is 0.331. The zero-order valence-corrected chi connectivity index (χ0v) is 19.7. The molecule has 188 valence electrons. The largest absolute Gasteiger partial charge is 0.508 e. The van der Waals surface area contributed by atoms with E-state index >= 15 is 0 Å². The smallest absolute Gasteiger partial charge is 0.322 e. The van der Waals surface area contributed by atoms with Crippen molar-refractivity contribution in [3.8, 4) is 5.75 Å². The number of aliphatic carboxylic acids is 1. The summed E-state index contributed by atoms with van der Waals surface area (Å²) in [5, 5.41) is 25.9. The van der Waals surface area contributed by atoms with E-state index in [-0.39, 0.29) is 24.5 Å².